The predicted molar refractivity (Wildman–Crippen MR) is 94.6 cm³/mol. The van der Waals surface area contributed by atoms with E-state index in [9.17, 15) is 9.59 Å². The fraction of sp³-hybridized carbons (Fsp3) is 0.267. The summed E-state index contributed by atoms with van der Waals surface area (Å²) < 4.78 is 0.944. The molecule has 1 heterocycles. The van der Waals surface area contributed by atoms with Crippen LogP contribution in [0.5, 0.6) is 0 Å². The number of carbonyl (C=O) groups excluding carboxylic acids is 2. The highest BCUT2D eigenvalue weighted by Crippen LogP contribution is 2.14. The van der Waals surface area contributed by atoms with Crippen molar-refractivity contribution in [1.29, 1.82) is 0 Å². The number of hydrogen-bond acceptors (Lipinski definition) is 5. The Bertz CT molecular complexity index is 672. The summed E-state index contributed by atoms with van der Waals surface area (Å²) in [5.74, 6) is -0.435. The highest BCUT2D eigenvalue weighted by atomic mass is 79.9. The van der Waals surface area contributed by atoms with Gasteiger partial charge in [-0.15, -0.1) is 11.3 Å². The molecule has 0 saturated carbocycles. The van der Waals surface area contributed by atoms with Crippen molar-refractivity contribution >= 4 is 44.8 Å². The van der Waals surface area contributed by atoms with E-state index in [1.165, 1.54) is 11.3 Å². The second kappa shape index (κ2) is 8.76. The summed E-state index contributed by atoms with van der Waals surface area (Å²) in [6, 6.07) is 7.29. The third kappa shape index (κ3) is 5.74. The van der Waals surface area contributed by atoms with Gasteiger partial charge in [0.05, 0.1) is 5.01 Å². The largest absolute Gasteiger partial charge is 0.350 e. The number of anilines is 1. The summed E-state index contributed by atoms with van der Waals surface area (Å²) >= 11 is 4.74. The van der Waals surface area contributed by atoms with E-state index in [1.807, 2.05) is 12.1 Å². The number of nitrogens with one attached hydrogen (secondary N) is 2. The summed E-state index contributed by atoms with van der Waals surface area (Å²) in [4.78, 5) is 27.9. The van der Waals surface area contributed by atoms with Crippen molar-refractivity contribution in [3.63, 3.8) is 0 Å². The van der Waals surface area contributed by atoms with Gasteiger partial charge in [0.2, 0.25) is 5.91 Å². The third-order valence-corrected chi connectivity index (χ3v) is 4.35. The van der Waals surface area contributed by atoms with Gasteiger partial charge in [-0.25, -0.2) is 4.98 Å². The van der Waals surface area contributed by atoms with Gasteiger partial charge in [0.15, 0.2) is 0 Å². The van der Waals surface area contributed by atoms with E-state index in [4.69, 9.17) is 5.73 Å². The molecular weight excluding hydrogens is 380 g/mol. The first-order valence-corrected chi connectivity index (χ1v) is 8.74. The molecule has 2 amide bonds. The van der Waals surface area contributed by atoms with Gasteiger partial charge in [-0.2, -0.15) is 0 Å². The van der Waals surface area contributed by atoms with E-state index in [2.05, 4.69) is 31.5 Å². The summed E-state index contributed by atoms with van der Waals surface area (Å²) in [6.07, 6.45) is 0.856. The summed E-state index contributed by atoms with van der Waals surface area (Å²) in [6.45, 7) is 0.760. The zero-order chi connectivity index (χ0) is 16.7. The van der Waals surface area contributed by atoms with Crippen molar-refractivity contribution in [3.05, 3.63) is 44.8 Å². The maximum Gasteiger partial charge on any atom is 0.270 e. The molecule has 0 aliphatic carbocycles. The van der Waals surface area contributed by atoms with E-state index in [-0.39, 0.29) is 24.8 Å². The van der Waals surface area contributed by atoms with E-state index < -0.39 is 0 Å². The molecule has 6 nitrogen and oxygen atoms in total. The Kier molecular flexibility index (Phi) is 6.69. The van der Waals surface area contributed by atoms with E-state index >= 15 is 0 Å². The van der Waals surface area contributed by atoms with Gasteiger partial charge in [-0.1, -0.05) is 15.9 Å². The second-order valence-electron chi connectivity index (χ2n) is 4.73. The van der Waals surface area contributed by atoms with Crippen LogP contribution in [-0.4, -0.2) is 29.9 Å². The number of aromatic nitrogens is 1. The number of hydrogen-bond donors (Lipinski definition) is 3. The average Bonchev–Trinajstić information content (AvgIpc) is 2.99. The molecule has 0 fully saturated rings. The van der Waals surface area contributed by atoms with Gasteiger partial charge in [-0.05, 0) is 30.8 Å². The number of thiazole rings is 1. The Labute approximate surface area is 146 Å². The first-order chi connectivity index (χ1) is 11.1. The van der Waals surface area contributed by atoms with Crippen LogP contribution in [0.4, 0.5) is 5.69 Å². The predicted octanol–water partition coefficient (Wildman–Crippen LogP) is 2.17. The standard InChI is InChI=1S/C15H17BrN4O2S/c16-10-1-3-11(4-2-10)19-13(21)6-8-18-15(22)12-9-23-14(20-12)5-7-17/h1-4,9H,5-8,17H2,(H,18,22)(H,19,21). The SMILES string of the molecule is NCCc1nc(C(=O)NCCC(=O)Nc2ccc(Br)cc2)cs1. The minimum Gasteiger partial charge on any atom is -0.350 e. The summed E-state index contributed by atoms with van der Waals surface area (Å²) in [7, 11) is 0. The van der Waals surface area contributed by atoms with Crippen molar-refractivity contribution in [2.24, 2.45) is 5.73 Å². The first kappa shape index (κ1) is 17.6. The van der Waals surface area contributed by atoms with E-state index in [1.54, 1.807) is 17.5 Å². The molecule has 2 aromatic rings. The zero-order valence-corrected chi connectivity index (χ0v) is 14.7. The summed E-state index contributed by atoms with van der Waals surface area (Å²) in [5.41, 5.74) is 6.54. The molecule has 0 saturated heterocycles. The van der Waals surface area contributed by atoms with Crippen molar-refractivity contribution < 1.29 is 9.59 Å². The van der Waals surface area contributed by atoms with Gasteiger partial charge in [0, 0.05) is 34.9 Å². The van der Waals surface area contributed by atoms with Crippen LogP contribution in [0.15, 0.2) is 34.1 Å². The molecule has 1 aromatic carbocycles. The molecule has 0 radical (unpaired) electrons. The Morgan fingerprint density at radius 2 is 2.00 bits per heavy atom. The van der Waals surface area contributed by atoms with Crippen molar-refractivity contribution in [1.82, 2.24) is 10.3 Å². The van der Waals surface area contributed by atoms with Crippen molar-refractivity contribution in [3.8, 4) is 0 Å². The monoisotopic (exact) mass is 396 g/mol. The lowest BCUT2D eigenvalue weighted by molar-refractivity contribution is -0.116. The Hall–Kier alpha value is -1.77. The van der Waals surface area contributed by atoms with Crippen molar-refractivity contribution in [2.75, 3.05) is 18.4 Å². The fourth-order valence-corrected chi connectivity index (χ4v) is 2.85. The Balaban J connectivity index is 1.74. The van der Waals surface area contributed by atoms with Crippen molar-refractivity contribution in [2.45, 2.75) is 12.8 Å². The number of nitrogens with zero attached hydrogens (tertiary/aromatic N) is 1. The molecule has 1 aromatic heterocycles. The molecule has 4 N–H and O–H groups in total. The Morgan fingerprint density at radius 1 is 1.26 bits per heavy atom. The van der Waals surface area contributed by atoms with Crippen LogP contribution in [-0.2, 0) is 11.2 Å². The van der Waals surface area contributed by atoms with Crippen LogP contribution in [0.2, 0.25) is 0 Å². The van der Waals surface area contributed by atoms with Crippen LogP contribution in [0.1, 0.15) is 21.9 Å². The number of carbonyl (C=O) groups is 2. The number of amides is 2. The van der Waals surface area contributed by atoms with Gasteiger partial charge >= 0.3 is 0 Å². The minimum absolute atomic E-state index is 0.158. The fourth-order valence-electron chi connectivity index (χ4n) is 1.79. The van der Waals surface area contributed by atoms with Gasteiger partial charge in [-0.3, -0.25) is 9.59 Å². The van der Waals surface area contributed by atoms with Gasteiger partial charge in [0.1, 0.15) is 5.69 Å². The lowest BCUT2D eigenvalue weighted by atomic mass is 10.3. The molecule has 0 unspecified atom stereocenters. The first-order valence-electron chi connectivity index (χ1n) is 7.06. The van der Waals surface area contributed by atoms with Crippen LogP contribution in [0, 0.1) is 0 Å². The molecule has 23 heavy (non-hydrogen) atoms. The minimum atomic E-state index is -0.277. The molecule has 0 aliphatic heterocycles. The lowest BCUT2D eigenvalue weighted by Crippen LogP contribution is -2.28. The maximum absolute atomic E-state index is 11.9. The quantitative estimate of drug-likeness (QED) is 0.667. The van der Waals surface area contributed by atoms with Crippen LogP contribution >= 0.6 is 27.3 Å². The molecule has 0 atom stereocenters. The molecule has 0 spiro atoms. The number of nitrogens with two attached hydrogens (primary N) is 1. The maximum atomic E-state index is 11.9. The lowest BCUT2D eigenvalue weighted by Gasteiger charge is -2.06. The van der Waals surface area contributed by atoms with Crippen LogP contribution in [0.3, 0.4) is 0 Å². The van der Waals surface area contributed by atoms with Crippen LogP contribution in [0.25, 0.3) is 0 Å². The van der Waals surface area contributed by atoms with Crippen LogP contribution < -0.4 is 16.4 Å². The second-order valence-corrected chi connectivity index (χ2v) is 6.58. The molecular formula is C15H17BrN4O2S. The zero-order valence-electron chi connectivity index (χ0n) is 12.3. The number of rotatable bonds is 7. The smallest absolute Gasteiger partial charge is 0.270 e. The normalized spacial score (nSPS) is 10.3. The van der Waals surface area contributed by atoms with Gasteiger partial charge in [0.25, 0.3) is 5.91 Å². The Morgan fingerprint density at radius 3 is 2.70 bits per heavy atom. The molecule has 8 heteroatoms. The molecule has 0 aliphatic rings. The highest BCUT2D eigenvalue weighted by Gasteiger charge is 2.11. The van der Waals surface area contributed by atoms with E-state index in [0.717, 1.165) is 15.2 Å². The number of halogens is 1. The third-order valence-electron chi connectivity index (χ3n) is 2.91. The average molecular weight is 397 g/mol. The number of benzene rings is 1. The molecule has 122 valence electrons. The van der Waals surface area contributed by atoms with E-state index in [0.29, 0.717) is 18.7 Å². The molecule has 2 rings (SSSR count). The highest BCUT2D eigenvalue weighted by molar-refractivity contribution is 9.10. The topological polar surface area (TPSA) is 97.1 Å². The van der Waals surface area contributed by atoms with Gasteiger partial charge < -0.3 is 16.4 Å². The summed E-state index contributed by atoms with van der Waals surface area (Å²) in [5, 5.41) is 7.99. The molecule has 0 bridgehead atoms.